The summed E-state index contributed by atoms with van der Waals surface area (Å²) >= 11 is 11.7. The lowest BCUT2D eigenvalue weighted by molar-refractivity contribution is -0.112. The average Bonchev–Trinajstić information content (AvgIpc) is 2.64. The molecule has 0 unspecified atom stereocenters. The summed E-state index contributed by atoms with van der Waals surface area (Å²) in [6.45, 7) is 0.431. The van der Waals surface area contributed by atoms with E-state index in [2.05, 4.69) is 10.6 Å². The molecular formula is C18H16Cl2N4O3S. The molecule has 1 amide bonds. The number of primary sulfonamides is 1. The number of carbonyl (C=O) groups is 1. The number of hydrogen-bond acceptors (Lipinski definition) is 5. The number of rotatable bonds is 7. The second-order valence-corrected chi connectivity index (χ2v) is 8.02. The van der Waals surface area contributed by atoms with E-state index in [0.717, 1.165) is 5.56 Å². The Bertz CT molecular complexity index is 1050. The van der Waals surface area contributed by atoms with Gasteiger partial charge in [0.1, 0.15) is 11.6 Å². The highest BCUT2D eigenvalue weighted by Gasteiger charge is 2.10. The topological polar surface area (TPSA) is 125 Å². The number of amides is 1. The van der Waals surface area contributed by atoms with Gasteiger partial charge in [0.25, 0.3) is 5.91 Å². The largest absolute Gasteiger partial charge is 0.389 e. The lowest BCUT2D eigenvalue weighted by Gasteiger charge is -2.07. The van der Waals surface area contributed by atoms with Gasteiger partial charge in [0.15, 0.2) is 0 Å². The first kappa shape index (κ1) is 21.7. The molecule has 0 saturated heterocycles. The molecule has 2 rings (SSSR count). The van der Waals surface area contributed by atoms with Crippen LogP contribution in [0.1, 0.15) is 5.56 Å². The van der Waals surface area contributed by atoms with Gasteiger partial charge in [0, 0.05) is 18.4 Å². The van der Waals surface area contributed by atoms with Crippen molar-refractivity contribution in [1.82, 2.24) is 5.32 Å². The molecule has 0 radical (unpaired) electrons. The molecule has 0 aliphatic heterocycles. The average molecular weight is 439 g/mol. The predicted octanol–water partition coefficient (Wildman–Crippen LogP) is 2.82. The van der Waals surface area contributed by atoms with E-state index >= 15 is 0 Å². The van der Waals surface area contributed by atoms with Crippen LogP contribution < -0.4 is 15.8 Å². The first-order valence-corrected chi connectivity index (χ1v) is 10.2. The van der Waals surface area contributed by atoms with Crippen LogP contribution in [-0.2, 0) is 21.2 Å². The van der Waals surface area contributed by atoms with Crippen LogP contribution in [0, 0.1) is 11.3 Å². The maximum absolute atomic E-state index is 12.1. The lowest BCUT2D eigenvalue weighted by Crippen LogP contribution is -2.18. The second kappa shape index (κ2) is 9.57. The summed E-state index contributed by atoms with van der Waals surface area (Å²) in [5.74, 6) is -0.592. The van der Waals surface area contributed by atoms with Crippen LogP contribution in [-0.4, -0.2) is 20.9 Å². The minimum absolute atomic E-state index is 0.0369. The number of nitrogens with zero attached hydrogens (tertiary/aromatic N) is 1. The Hall–Kier alpha value is -2.57. The van der Waals surface area contributed by atoms with Crippen molar-refractivity contribution in [2.75, 3.05) is 11.9 Å². The van der Waals surface area contributed by atoms with Crippen LogP contribution in [0.5, 0.6) is 0 Å². The Kier molecular flexibility index (Phi) is 7.43. The number of anilines is 1. The molecule has 7 nitrogen and oxygen atoms in total. The van der Waals surface area contributed by atoms with Crippen LogP contribution in [0.2, 0.25) is 10.0 Å². The summed E-state index contributed by atoms with van der Waals surface area (Å²) < 4.78 is 22.4. The van der Waals surface area contributed by atoms with E-state index in [9.17, 15) is 13.2 Å². The van der Waals surface area contributed by atoms with Crippen LogP contribution in [0.3, 0.4) is 0 Å². The third-order valence-corrected chi connectivity index (χ3v) is 5.27. The highest BCUT2D eigenvalue weighted by Crippen LogP contribution is 2.25. The zero-order valence-electron chi connectivity index (χ0n) is 14.4. The van der Waals surface area contributed by atoms with Crippen molar-refractivity contribution in [3.63, 3.8) is 0 Å². The number of benzene rings is 2. The van der Waals surface area contributed by atoms with Gasteiger partial charge in [-0.3, -0.25) is 4.79 Å². The molecule has 0 atom stereocenters. The first-order valence-electron chi connectivity index (χ1n) is 7.92. The zero-order valence-corrected chi connectivity index (χ0v) is 16.8. The molecule has 10 heteroatoms. The fourth-order valence-corrected chi connectivity index (χ4v) is 2.97. The van der Waals surface area contributed by atoms with Crippen molar-refractivity contribution in [3.8, 4) is 6.07 Å². The number of carbonyl (C=O) groups excluding carboxylic acids is 1. The van der Waals surface area contributed by atoms with Crippen LogP contribution in [0.15, 0.2) is 59.1 Å². The molecule has 146 valence electrons. The molecule has 0 saturated carbocycles. The summed E-state index contributed by atoms with van der Waals surface area (Å²) in [5, 5.41) is 20.3. The molecule has 0 aliphatic rings. The lowest BCUT2D eigenvalue weighted by atomic mass is 10.1. The Morgan fingerprint density at radius 2 is 1.82 bits per heavy atom. The Labute approximate surface area is 172 Å². The van der Waals surface area contributed by atoms with Gasteiger partial charge in [0.05, 0.1) is 14.9 Å². The SMILES string of the molecule is N#C/C(=C/NCCc1ccc(S(N)(=O)=O)cc1)C(=O)Nc1ccc(Cl)c(Cl)c1. The smallest absolute Gasteiger partial charge is 0.267 e. The number of nitrogens with two attached hydrogens (primary N) is 1. The fraction of sp³-hybridized carbons (Fsp3) is 0.111. The van der Waals surface area contributed by atoms with E-state index in [1.165, 1.54) is 30.5 Å². The summed E-state index contributed by atoms with van der Waals surface area (Å²) in [5.41, 5.74) is 1.17. The summed E-state index contributed by atoms with van der Waals surface area (Å²) in [7, 11) is -3.72. The third kappa shape index (κ3) is 6.25. The van der Waals surface area contributed by atoms with Crippen molar-refractivity contribution in [2.45, 2.75) is 11.3 Å². The van der Waals surface area contributed by atoms with Crippen LogP contribution in [0.4, 0.5) is 5.69 Å². The third-order valence-electron chi connectivity index (χ3n) is 3.60. The predicted molar refractivity (Wildman–Crippen MR) is 108 cm³/mol. The van der Waals surface area contributed by atoms with Crippen LogP contribution in [0.25, 0.3) is 0 Å². The Morgan fingerprint density at radius 3 is 2.39 bits per heavy atom. The van der Waals surface area contributed by atoms with Gasteiger partial charge in [-0.15, -0.1) is 0 Å². The van der Waals surface area contributed by atoms with E-state index in [1.807, 2.05) is 6.07 Å². The van der Waals surface area contributed by atoms with Gasteiger partial charge in [-0.1, -0.05) is 35.3 Å². The van der Waals surface area contributed by atoms with Crippen molar-refractivity contribution in [3.05, 3.63) is 69.8 Å². The van der Waals surface area contributed by atoms with E-state index < -0.39 is 15.9 Å². The van der Waals surface area contributed by atoms with Gasteiger partial charge in [-0.05, 0) is 42.3 Å². The number of nitriles is 1. The molecule has 0 bridgehead atoms. The van der Waals surface area contributed by atoms with Gasteiger partial charge >= 0.3 is 0 Å². The fourth-order valence-electron chi connectivity index (χ4n) is 2.16. The summed E-state index contributed by atoms with van der Waals surface area (Å²) in [6, 6.07) is 12.5. The van der Waals surface area contributed by atoms with E-state index in [-0.39, 0.29) is 15.5 Å². The highest BCUT2D eigenvalue weighted by molar-refractivity contribution is 7.89. The molecule has 4 N–H and O–H groups in total. The van der Waals surface area contributed by atoms with Crippen molar-refractivity contribution < 1.29 is 13.2 Å². The molecule has 0 aliphatic carbocycles. The maximum atomic E-state index is 12.1. The quantitative estimate of drug-likeness (QED) is 0.348. The number of nitrogens with one attached hydrogen (secondary N) is 2. The molecule has 0 fully saturated rings. The van der Waals surface area contributed by atoms with Crippen molar-refractivity contribution >= 4 is 44.8 Å². The molecule has 28 heavy (non-hydrogen) atoms. The standard InChI is InChI=1S/C18H16Cl2N4O3S/c19-16-6-3-14(9-17(16)20)24-18(25)13(10-21)11-23-8-7-12-1-4-15(5-2-12)28(22,26)27/h1-6,9,11,23H,7-8H2,(H,24,25)(H2,22,26,27)/b13-11-. The Balaban J connectivity index is 1.91. The number of hydrogen-bond donors (Lipinski definition) is 3. The maximum Gasteiger partial charge on any atom is 0.267 e. The van der Waals surface area contributed by atoms with Gasteiger partial charge in [-0.25, -0.2) is 13.6 Å². The van der Waals surface area contributed by atoms with E-state index in [0.29, 0.717) is 23.7 Å². The molecule has 2 aromatic rings. The molecular weight excluding hydrogens is 423 g/mol. The highest BCUT2D eigenvalue weighted by atomic mass is 35.5. The molecule has 0 heterocycles. The van der Waals surface area contributed by atoms with Crippen molar-refractivity contribution in [1.29, 1.82) is 5.26 Å². The van der Waals surface area contributed by atoms with E-state index in [4.69, 9.17) is 33.6 Å². The molecule has 0 aromatic heterocycles. The minimum Gasteiger partial charge on any atom is -0.389 e. The number of halogens is 2. The normalized spacial score (nSPS) is 11.6. The van der Waals surface area contributed by atoms with Crippen molar-refractivity contribution in [2.24, 2.45) is 5.14 Å². The monoisotopic (exact) mass is 438 g/mol. The van der Waals surface area contributed by atoms with Gasteiger partial charge in [-0.2, -0.15) is 5.26 Å². The van der Waals surface area contributed by atoms with E-state index in [1.54, 1.807) is 18.2 Å². The Morgan fingerprint density at radius 1 is 1.14 bits per heavy atom. The summed E-state index contributed by atoms with van der Waals surface area (Å²) in [6.07, 6.45) is 1.86. The van der Waals surface area contributed by atoms with Gasteiger partial charge in [0.2, 0.25) is 10.0 Å². The first-order chi connectivity index (χ1) is 13.2. The second-order valence-electron chi connectivity index (χ2n) is 5.65. The minimum atomic E-state index is -3.72. The molecule has 2 aromatic carbocycles. The van der Waals surface area contributed by atoms with Crippen LogP contribution >= 0.6 is 23.2 Å². The zero-order chi connectivity index (χ0) is 20.7. The summed E-state index contributed by atoms with van der Waals surface area (Å²) in [4.78, 5) is 12.2. The molecule has 0 spiro atoms. The van der Waals surface area contributed by atoms with Gasteiger partial charge < -0.3 is 10.6 Å². The number of sulfonamides is 1.